The number of hydrogen-bond acceptors (Lipinski definition) is 6. The normalized spacial score (nSPS) is 25.1. The summed E-state index contributed by atoms with van der Waals surface area (Å²) in [5.74, 6) is -0.568. The molecule has 1 aromatic heterocycles. The Hall–Kier alpha value is -1.64. The number of nitrogens with one attached hydrogen (secondary N) is 1. The smallest absolute Gasteiger partial charge is 0.340 e. The third-order valence-electron chi connectivity index (χ3n) is 5.00. The quantitative estimate of drug-likeness (QED) is 0.731. The van der Waals surface area contributed by atoms with E-state index < -0.39 is 12.0 Å². The van der Waals surface area contributed by atoms with Gasteiger partial charge in [-0.15, -0.1) is 23.7 Å². The van der Waals surface area contributed by atoms with Gasteiger partial charge in [-0.3, -0.25) is 9.59 Å². The lowest BCUT2D eigenvalue weighted by Gasteiger charge is -2.18. The number of esters is 1. The van der Waals surface area contributed by atoms with E-state index in [-0.39, 0.29) is 36.2 Å². The van der Waals surface area contributed by atoms with Gasteiger partial charge in [0.15, 0.2) is 0 Å². The average Bonchev–Trinajstić information content (AvgIpc) is 3.30. The number of thiophene rings is 1. The molecule has 3 N–H and O–H groups in total. The zero-order valence-corrected chi connectivity index (χ0v) is 16.2. The van der Waals surface area contributed by atoms with Gasteiger partial charge in [0.2, 0.25) is 11.8 Å². The predicted octanol–water partition coefficient (Wildman–Crippen LogP) is 1.70. The van der Waals surface area contributed by atoms with Crippen molar-refractivity contribution in [2.24, 2.45) is 11.7 Å². The maximum atomic E-state index is 12.6. The van der Waals surface area contributed by atoms with Crippen LogP contribution in [0.2, 0.25) is 0 Å². The number of rotatable bonds is 5. The van der Waals surface area contributed by atoms with Gasteiger partial charge in [-0.05, 0) is 36.6 Å². The van der Waals surface area contributed by atoms with Crippen LogP contribution >= 0.6 is 23.7 Å². The van der Waals surface area contributed by atoms with Crippen molar-refractivity contribution < 1.29 is 19.1 Å². The Morgan fingerprint density at radius 2 is 2.15 bits per heavy atom. The summed E-state index contributed by atoms with van der Waals surface area (Å²) in [6.45, 7) is 0.469. The molecule has 1 saturated carbocycles. The molecule has 1 aliphatic heterocycles. The summed E-state index contributed by atoms with van der Waals surface area (Å²) in [7, 11) is 1.31. The Morgan fingerprint density at radius 1 is 1.38 bits per heavy atom. The monoisotopic (exact) mass is 401 g/mol. The van der Waals surface area contributed by atoms with Gasteiger partial charge < -0.3 is 20.7 Å². The van der Waals surface area contributed by atoms with Crippen LogP contribution in [0, 0.1) is 5.92 Å². The van der Waals surface area contributed by atoms with Crippen molar-refractivity contribution in [3.05, 3.63) is 17.0 Å². The molecule has 2 fully saturated rings. The van der Waals surface area contributed by atoms with Crippen LogP contribution in [0.4, 0.5) is 5.00 Å². The van der Waals surface area contributed by atoms with Crippen LogP contribution in [-0.4, -0.2) is 43.5 Å². The van der Waals surface area contributed by atoms with Crippen molar-refractivity contribution in [3.8, 4) is 0 Å². The van der Waals surface area contributed by atoms with Crippen LogP contribution in [0.1, 0.15) is 42.5 Å². The molecule has 1 aliphatic carbocycles. The number of carbonyl (C=O) groups is 3. The lowest BCUT2D eigenvalue weighted by Crippen LogP contribution is -2.42. The van der Waals surface area contributed by atoms with Crippen LogP contribution < -0.4 is 16.0 Å². The largest absolute Gasteiger partial charge is 0.465 e. The third-order valence-corrected chi connectivity index (χ3v) is 5.94. The maximum Gasteiger partial charge on any atom is 0.340 e. The Bertz CT molecular complexity index is 681. The van der Waals surface area contributed by atoms with E-state index in [1.807, 2.05) is 0 Å². The van der Waals surface area contributed by atoms with Crippen molar-refractivity contribution >= 4 is 46.5 Å². The molecule has 144 valence electrons. The summed E-state index contributed by atoms with van der Waals surface area (Å²) in [6, 6.07) is 1.18. The lowest BCUT2D eigenvalue weighted by atomic mass is 9.99. The molecule has 7 nitrogen and oxygen atoms in total. The van der Waals surface area contributed by atoms with Crippen LogP contribution in [0.3, 0.4) is 0 Å². The molecule has 26 heavy (non-hydrogen) atoms. The van der Waals surface area contributed by atoms with E-state index in [1.165, 1.54) is 18.4 Å². The molecule has 0 radical (unpaired) electrons. The Balaban J connectivity index is 0.00000243. The van der Waals surface area contributed by atoms with Crippen LogP contribution in [0.25, 0.3) is 0 Å². The molecule has 3 rings (SSSR count). The number of ether oxygens (including phenoxy) is 1. The Kier molecular flexibility index (Phi) is 7.02. The standard InChI is InChI=1S/C17H23N3O4S.ClH/c1-24-17(23)11-6-8-25-16(11)20-7-5-13(15(20)22)19-14(21)9-10-3-2-4-12(10)18;/h6,8,10,12-13H,2-5,7,9,18H2,1H3,(H,19,21);1H/t10-,12+,13?;/m0./s1. The zero-order chi connectivity index (χ0) is 18.0. The first-order valence-electron chi connectivity index (χ1n) is 8.53. The van der Waals surface area contributed by atoms with Gasteiger partial charge in [-0.2, -0.15) is 0 Å². The van der Waals surface area contributed by atoms with E-state index in [0.717, 1.165) is 19.3 Å². The first-order chi connectivity index (χ1) is 12.0. The molecule has 0 aromatic carbocycles. The number of nitrogens with zero attached hydrogens (tertiary/aromatic N) is 1. The van der Waals surface area contributed by atoms with Crippen molar-refractivity contribution in [2.75, 3.05) is 18.6 Å². The molecule has 1 saturated heterocycles. The van der Waals surface area contributed by atoms with Gasteiger partial charge in [0, 0.05) is 19.0 Å². The zero-order valence-electron chi connectivity index (χ0n) is 14.6. The minimum atomic E-state index is -0.544. The molecule has 1 unspecified atom stereocenters. The highest BCUT2D eigenvalue weighted by Gasteiger charge is 2.37. The Morgan fingerprint density at radius 3 is 2.81 bits per heavy atom. The summed E-state index contributed by atoms with van der Waals surface area (Å²) < 4.78 is 4.75. The highest BCUT2D eigenvalue weighted by Crippen LogP contribution is 2.32. The van der Waals surface area contributed by atoms with E-state index in [4.69, 9.17) is 10.5 Å². The van der Waals surface area contributed by atoms with Crippen molar-refractivity contribution in [1.82, 2.24) is 5.32 Å². The van der Waals surface area contributed by atoms with Gasteiger partial charge in [-0.1, -0.05) is 6.42 Å². The molecule has 0 spiro atoms. The van der Waals surface area contributed by atoms with E-state index in [9.17, 15) is 14.4 Å². The second-order valence-electron chi connectivity index (χ2n) is 6.59. The molecule has 2 amide bonds. The lowest BCUT2D eigenvalue weighted by molar-refractivity contribution is -0.127. The van der Waals surface area contributed by atoms with E-state index in [0.29, 0.717) is 30.0 Å². The van der Waals surface area contributed by atoms with E-state index >= 15 is 0 Å². The molecular formula is C17H24ClN3O4S. The molecule has 9 heteroatoms. The summed E-state index contributed by atoms with van der Waals surface area (Å²) >= 11 is 1.32. The van der Waals surface area contributed by atoms with Crippen LogP contribution in [0.15, 0.2) is 11.4 Å². The second-order valence-corrected chi connectivity index (χ2v) is 7.48. The third kappa shape index (κ3) is 4.19. The minimum Gasteiger partial charge on any atom is -0.465 e. The number of amides is 2. The molecule has 1 aromatic rings. The van der Waals surface area contributed by atoms with Gasteiger partial charge in [0.05, 0.1) is 12.7 Å². The molecule has 3 atom stereocenters. The van der Waals surface area contributed by atoms with E-state index in [1.54, 1.807) is 16.3 Å². The molecule has 0 bridgehead atoms. The average molecular weight is 402 g/mol. The number of halogens is 1. The van der Waals surface area contributed by atoms with E-state index in [2.05, 4.69) is 5.32 Å². The maximum absolute atomic E-state index is 12.6. The number of nitrogens with two attached hydrogens (primary N) is 1. The fourth-order valence-corrected chi connectivity index (χ4v) is 4.52. The summed E-state index contributed by atoms with van der Waals surface area (Å²) in [6.07, 6.45) is 3.89. The van der Waals surface area contributed by atoms with Gasteiger partial charge in [0.25, 0.3) is 0 Å². The van der Waals surface area contributed by atoms with Gasteiger partial charge in [0.1, 0.15) is 11.0 Å². The molecule has 2 aliphatic rings. The summed E-state index contributed by atoms with van der Waals surface area (Å²) in [5.41, 5.74) is 6.39. The fourth-order valence-electron chi connectivity index (χ4n) is 3.60. The van der Waals surface area contributed by atoms with Gasteiger partial charge in [-0.25, -0.2) is 4.79 Å². The highest BCUT2D eigenvalue weighted by atomic mass is 35.5. The van der Waals surface area contributed by atoms with Crippen LogP contribution in [-0.2, 0) is 14.3 Å². The SMILES string of the molecule is COC(=O)c1ccsc1N1CCC(NC(=O)C[C@@H]2CCC[C@H]2N)C1=O.Cl. The number of anilines is 1. The first kappa shape index (κ1) is 20.7. The number of carbonyl (C=O) groups excluding carboxylic acids is 3. The van der Waals surface area contributed by atoms with Crippen molar-refractivity contribution in [3.63, 3.8) is 0 Å². The van der Waals surface area contributed by atoms with Crippen molar-refractivity contribution in [1.29, 1.82) is 0 Å². The fraction of sp³-hybridized carbons (Fsp3) is 0.588. The summed E-state index contributed by atoms with van der Waals surface area (Å²) in [4.78, 5) is 38.3. The van der Waals surface area contributed by atoms with Crippen molar-refractivity contribution in [2.45, 2.75) is 44.2 Å². The molecule has 2 heterocycles. The van der Waals surface area contributed by atoms with Crippen LogP contribution in [0.5, 0.6) is 0 Å². The topological polar surface area (TPSA) is 102 Å². The Labute approximate surface area is 162 Å². The molecular weight excluding hydrogens is 378 g/mol. The number of methoxy groups -OCH3 is 1. The minimum absolute atomic E-state index is 0. The number of hydrogen-bond donors (Lipinski definition) is 2. The van der Waals surface area contributed by atoms with Gasteiger partial charge >= 0.3 is 5.97 Å². The second kappa shape index (κ2) is 8.83. The highest BCUT2D eigenvalue weighted by molar-refractivity contribution is 7.14. The first-order valence-corrected chi connectivity index (χ1v) is 9.41. The predicted molar refractivity (Wildman–Crippen MR) is 102 cm³/mol. The summed E-state index contributed by atoms with van der Waals surface area (Å²) in [5, 5.41) is 5.16.